The Morgan fingerprint density at radius 3 is 2.74 bits per heavy atom. The molecule has 0 aromatic heterocycles. The van der Waals surface area contributed by atoms with Crippen LogP contribution in [0.1, 0.15) is 16.7 Å². The molecule has 19 heavy (non-hydrogen) atoms. The Morgan fingerprint density at radius 1 is 1.16 bits per heavy atom. The zero-order valence-electron chi connectivity index (χ0n) is 10.9. The molecule has 3 rings (SSSR count). The maximum absolute atomic E-state index is 13.4. The molecular weight excluding hydrogens is 241 g/mol. The number of aliphatic hydroxyl groups excluding tert-OH is 1. The van der Waals surface area contributed by atoms with Crippen molar-refractivity contribution in [3.05, 3.63) is 58.9 Å². The van der Waals surface area contributed by atoms with Crippen LogP contribution in [0, 0.1) is 12.7 Å². The van der Waals surface area contributed by atoms with Crippen LogP contribution < -0.4 is 4.90 Å². The van der Waals surface area contributed by atoms with Gasteiger partial charge in [-0.1, -0.05) is 18.2 Å². The third-order valence-electron chi connectivity index (χ3n) is 3.68. The number of halogens is 1. The molecule has 3 heteroatoms. The van der Waals surface area contributed by atoms with Gasteiger partial charge in [-0.15, -0.1) is 0 Å². The van der Waals surface area contributed by atoms with E-state index in [1.54, 1.807) is 6.07 Å². The average molecular weight is 257 g/mol. The number of aliphatic hydroxyl groups is 1. The standard InChI is InChI=1S/C16H16FNO/c1-11-8-12(10-19)2-5-15(11)18-7-6-13-3-4-14(17)9-16(13)18/h2-5,8-9,19H,6-7,10H2,1H3. The molecule has 0 spiro atoms. The quantitative estimate of drug-likeness (QED) is 0.892. The molecule has 0 radical (unpaired) electrons. The summed E-state index contributed by atoms with van der Waals surface area (Å²) >= 11 is 0. The molecule has 0 unspecified atom stereocenters. The van der Waals surface area contributed by atoms with E-state index >= 15 is 0 Å². The van der Waals surface area contributed by atoms with Crippen molar-refractivity contribution in [1.29, 1.82) is 0 Å². The van der Waals surface area contributed by atoms with Crippen molar-refractivity contribution in [2.45, 2.75) is 20.0 Å². The Kier molecular flexibility index (Phi) is 2.99. The maximum atomic E-state index is 13.4. The summed E-state index contributed by atoms with van der Waals surface area (Å²) in [7, 11) is 0. The Morgan fingerprint density at radius 2 is 2.00 bits per heavy atom. The lowest BCUT2D eigenvalue weighted by Gasteiger charge is -2.22. The van der Waals surface area contributed by atoms with Crippen molar-refractivity contribution >= 4 is 11.4 Å². The van der Waals surface area contributed by atoms with Gasteiger partial charge in [0.1, 0.15) is 5.82 Å². The average Bonchev–Trinajstić information content (AvgIpc) is 2.81. The molecule has 98 valence electrons. The SMILES string of the molecule is Cc1cc(CO)ccc1N1CCc2ccc(F)cc21. The van der Waals surface area contributed by atoms with Crippen LogP contribution in [0.5, 0.6) is 0 Å². The predicted molar refractivity (Wildman–Crippen MR) is 74.2 cm³/mol. The predicted octanol–water partition coefficient (Wildman–Crippen LogP) is 3.32. The molecule has 1 aliphatic heterocycles. The Labute approximate surface area is 112 Å². The third-order valence-corrected chi connectivity index (χ3v) is 3.68. The van der Waals surface area contributed by atoms with Gasteiger partial charge in [0.2, 0.25) is 0 Å². The van der Waals surface area contributed by atoms with E-state index in [1.165, 1.54) is 11.6 Å². The summed E-state index contributed by atoms with van der Waals surface area (Å²) in [6, 6.07) is 10.9. The lowest BCUT2D eigenvalue weighted by atomic mass is 10.1. The fourth-order valence-electron chi connectivity index (χ4n) is 2.72. The molecule has 0 aliphatic carbocycles. The number of anilines is 2. The maximum Gasteiger partial charge on any atom is 0.125 e. The number of fused-ring (bicyclic) bond motifs is 1. The highest BCUT2D eigenvalue weighted by Gasteiger charge is 2.22. The molecule has 0 amide bonds. The van der Waals surface area contributed by atoms with E-state index in [-0.39, 0.29) is 12.4 Å². The fourth-order valence-corrected chi connectivity index (χ4v) is 2.72. The monoisotopic (exact) mass is 257 g/mol. The van der Waals surface area contributed by atoms with Crippen LogP contribution >= 0.6 is 0 Å². The lowest BCUT2D eigenvalue weighted by Crippen LogP contribution is -2.14. The first-order valence-electron chi connectivity index (χ1n) is 6.45. The van der Waals surface area contributed by atoms with Gasteiger partial charge >= 0.3 is 0 Å². The van der Waals surface area contributed by atoms with Crippen LogP contribution in [-0.4, -0.2) is 11.7 Å². The molecule has 1 aliphatic rings. The zero-order valence-corrected chi connectivity index (χ0v) is 10.9. The minimum Gasteiger partial charge on any atom is -0.392 e. The molecule has 0 saturated carbocycles. The first kappa shape index (κ1) is 12.2. The third kappa shape index (κ3) is 2.10. The Hall–Kier alpha value is -1.87. The number of aryl methyl sites for hydroxylation is 1. The first-order valence-corrected chi connectivity index (χ1v) is 6.45. The van der Waals surface area contributed by atoms with E-state index in [0.29, 0.717) is 0 Å². The number of nitrogens with zero attached hydrogens (tertiary/aromatic N) is 1. The molecule has 2 nitrogen and oxygen atoms in total. The van der Waals surface area contributed by atoms with Gasteiger partial charge in [0.25, 0.3) is 0 Å². The van der Waals surface area contributed by atoms with Gasteiger partial charge in [0, 0.05) is 17.9 Å². The van der Waals surface area contributed by atoms with E-state index in [9.17, 15) is 4.39 Å². The van der Waals surface area contributed by atoms with Gasteiger partial charge in [0.05, 0.1) is 6.61 Å². The van der Waals surface area contributed by atoms with Crippen LogP contribution in [0.2, 0.25) is 0 Å². The highest BCUT2D eigenvalue weighted by molar-refractivity contribution is 5.72. The largest absolute Gasteiger partial charge is 0.392 e. The summed E-state index contributed by atoms with van der Waals surface area (Å²) in [6.07, 6.45) is 0.941. The molecule has 1 N–H and O–H groups in total. The normalized spacial score (nSPS) is 13.7. The second-order valence-corrected chi connectivity index (χ2v) is 4.95. The van der Waals surface area contributed by atoms with Crippen LogP contribution in [0.15, 0.2) is 36.4 Å². The second kappa shape index (κ2) is 4.67. The Bertz CT molecular complexity index is 624. The van der Waals surface area contributed by atoms with Crippen molar-refractivity contribution in [1.82, 2.24) is 0 Å². The zero-order chi connectivity index (χ0) is 13.4. The van der Waals surface area contributed by atoms with E-state index in [2.05, 4.69) is 4.90 Å². The molecule has 0 fully saturated rings. The lowest BCUT2D eigenvalue weighted by molar-refractivity contribution is 0.282. The minimum absolute atomic E-state index is 0.0480. The second-order valence-electron chi connectivity index (χ2n) is 4.95. The Balaban J connectivity index is 2.04. The molecule has 2 aromatic rings. The van der Waals surface area contributed by atoms with Gasteiger partial charge in [-0.05, 0) is 48.2 Å². The molecule has 1 heterocycles. The summed E-state index contributed by atoms with van der Waals surface area (Å²) in [6.45, 7) is 2.94. The van der Waals surface area contributed by atoms with Gasteiger partial charge in [-0.25, -0.2) is 4.39 Å². The van der Waals surface area contributed by atoms with Crippen molar-refractivity contribution in [2.24, 2.45) is 0 Å². The first-order chi connectivity index (χ1) is 9.19. The summed E-state index contributed by atoms with van der Waals surface area (Å²) < 4.78 is 13.4. The number of benzene rings is 2. The minimum atomic E-state index is -0.199. The van der Waals surface area contributed by atoms with Gasteiger partial charge in [-0.3, -0.25) is 0 Å². The van der Waals surface area contributed by atoms with E-state index in [4.69, 9.17) is 5.11 Å². The van der Waals surface area contributed by atoms with Crippen molar-refractivity contribution in [3.8, 4) is 0 Å². The van der Waals surface area contributed by atoms with Crippen LogP contribution in [0.3, 0.4) is 0 Å². The molecule has 2 aromatic carbocycles. The molecule has 0 saturated heterocycles. The smallest absolute Gasteiger partial charge is 0.125 e. The summed E-state index contributed by atoms with van der Waals surface area (Å²) in [5, 5.41) is 9.15. The molecule has 0 atom stereocenters. The summed E-state index contributed by atoms with van der Waals surface area (Å²) in [4.78, 5) is 2.15. The highest BCUT2D eigenvalue weighted by Crippen LogP contribution is 2.36. The van der Waals surface area contributed by atoms with E-state index in [0.717, 1.165) is 35.5 Å². The topological polar surface area (TPSA) is 23.5 Å². The molecular formula is C16H16FNO. The summed E-state index contributed by atoms with van der Waals surface area (Å²) in [5.74, 6) is -0.199. The number of hydrogen-bond acceptors (Lipinski definition) is 2. The van der Waals surface area contributed by atoms with Crippen molar-refractivity contribution < 1.29 is 9.50 Å². The summed E-state index contributed by atoms with van der Waals surface area (Å²) in [5.41, 5.74) is 5.23. The number of hydrogen-bond donors (Lipinski definition) is 1. The van der Waals surface area contributed by atoms with Gasteiger partial charge in [0.15, 0.2) is 0 Å². The van der Waals surface area contributed by atoms with Crippen molar-refractivity contribution in [3.63, 3.8) is 0 Å². The van der Waals surface area contributed by atoms with E-state index in [1.807, 2.05) is 31.2 Å². The fraction of sp³-hybridized carbons (Fsp3) is 0.250. The van der Waals surface area contributed by atoms with E-state index < -0.39 is 0 Å². The van der Waals surface area contributed by atoms with Crippen molar-refractivity contribution in [2.75, 3.05) is 11.4 Å². The van der Waals surface area contributed by atoms with Crippen LogP contribution in [-0.2, 0) is 13.0 Å². The van der Waals surface area contributed by atoms with Gasteiger partial charge < -0.3 is 10.0 Å². The molecule has 0 bridgehead atoms. The van der Waals surface area contributed by atoms with Gasteiger partial charge in [-0.2, -0.15) is 0 Å². The van der Waals surface area contributed by atoms with Crippen LogP contribution in [0.4, 0.5) is 15.8 Å². The number of rotatable bonds is 2. The highest BCUT2D eigenvalue weighted by atomic mass is 19.1. The van der Waals surface area contributed by atoms with Crippen LogP contribution in [0.25, 0.3) is 0 Å².